The van der Waals surface area contributed by atoms with Gasteiger partial charge in [0.25, 0.3) is 0 Å². The summed E-state index contributed by atoms with van der Waals surface area (Å²) in [6, 6.07) is 1.69. The van der Waals surface area contributed by atoms with Gasteiger partial charge in [0.1, 0.15) is 0 Å². The number of carbonyl (C=O) groups is 2. The van der Waals surface area contributed by atoms with Crippen molar-refractivity contribution in [3.63, 3.8) is 0 Å². The molecule has 0 atom stereocenters. The number of nitrogens with one attached hydrogen (secondary N) is 1. The molecule has 1 heterocycles. The number of ketones is 1. The molecule has 0 aliphatic carbocycles. The lowest BCUT2D eigenvalue weighted by molar-refractivity contribution is 0.102. The largest absolute Gasteiger partial charge is 0.388 e. The molecule has 0 saturated carbocycles. The molecule has 84 valence electrons. The first-order valence-corrected chi connectivity index (χ1v) is 5.10. The lowest BCUT2D eigenvalue weighted by Crippen LogP contribution is -1.88. The fourth-order valence-corrected chi connectivity index (χ4v) is 1.74. The topological polar surface area (TPSA) is 55.4 Å². The molecular weight excluding hydrogens is 214 g/mol. The van der Waals surface area contributed by atoms with Gasteiger partial charge in [0, 0.05) is 21.3 Å². The van der Waals surface area contributed by atoms with Crippen molar-refractivity contribution in [2.75, 3.05) is 26.6 Å². The van der Waals surface area contributed by atoms with Gasteiger partial charge in [0.05, 0.1) is 15.4 Å². The van der Waals surface area contributed by atoms with E-state index in [1.165, 1.54) is 18.3 Å². The molecule has 0 saturated heterocycles. The highest BCUT2D eigenvalue weighted by molar-refractivity contribution is 7.16. The molecule has 0 aromatic carbocycles. The van der Waals surface area contributed by atoms with Crippen LogP contribution in [0.3, 0.4) is 0 Å². The summed E-state index contributed by atoms with van der Waals surface area (Å²) in [5, 5.41) is 2.85. The highest BCUT2D eigenvalue weighted by Crippen LogP contribution is 2.25. The standard InChI is InChI=1S/C8H9NO2S.C2H6O/c1-5(11)7-3-6(9-2)8(4-10)12-7;1-3-2/h3-4,9H,1-2H3;1-2H3. The summed E-state index contributed by atoms with van der Waals surface area (Å²) < 4.78 is 4.25. The van der Waals surface area contributed by atoms with E-state index in [1.54, 1.807) is 27.3 Å². The third kappa shape index (κ3) is 4.22. The van der Waals surface area contributed by atoms with Crippen molar-refractivity contribution in [3.05, 3.63) is 15.8 Å². The van der Waals surface area contributed by atoms with Gasteiger partial charge in [-0.15, -0.1) is 11.3 Å². The molecule has 4 nitrogen and oxygen atoms in total. The zero-order chi connectivity index (χ0) is 11.8. The summed E-state index contributed by atoms with van der Waals surface area (Å²) in [6.07, 6.45) is 0.753. The zero-order valence-corrected chi connectivity index (χ0v) is 10.1. The van der Waals surface area contributed by atoms with Crippen LogP contribution in [0.4, 0.5) is 5.69 Å². The number of rotatable bonds is 3. The van der Waals surface area contributed by atoms with E-state index in [1.807, 2.05) is 0 Å². The SMILES string of the molecule is CNc1cc(C(C)=O)sc1C=O.COC. The zero-order valence-electron chi connectivity index (χ0n) is 9.29. The summed E-state index contributed by atoms with van der Waals surface area (Å²) >= 11 is 1.21. The Labute approximate surface area is 93.3 Å². The molecule has 0 spiro atoms. The van der Waals surface area contributed by atoms with Crippen molar-refractivity contribution < 1.29 is 14.3 Å². The van der Waals surface area contributed by atoms with Crippen LogP contribution in [0.25, 0.3) is 0 Å². The number of Topliss-reactive ketones (excluding diaryl/α,β-unsaturated/α-hetero) is 1. The van der Waals surface area contributed by atoms with Crippen LogP contribution in [0.2, 0.25) is 0 Å². The quantitative estimate of drug-likeness (QED) is 0.636. The highest BCUT2D eigenvalue weighted by Gasteiger charge is 2.09. The van der Waals surface area contributed by atoms with Gasteiger partial charge in [-0.1, -0.05) is 0 Å². The Balaban J connectivity index is 0.000000583. The van der Waals surface area contributed by atoms with Crippen molar-refractivity contribution in [1.29, 1.82) is 0 Å². The monoisotopic (exact) mass is 229 g/mol. The Kier molecular flexibility index (Phi) is 6.57. The second kappa shape index (κ2) is 7.14. The molecule has 0 unspecified atom stereocenters. The molecule has 0 bridgehead atoms. The van der Waals surface area contributed by atoms with Crippen molar-refractivity contribution >= 4 is 29.1 Å². The van der Waals surface area contributed by atoms with Gasteiger partial charge in [-0.3, -0.25) is 9.59 Å². The molecule has 0 fully saturated rings. The third-order valence-electron chi connectivity index (χ3n) is 1.48. The van der Waals surface area contributed by atoms with Crippen molar-refractivity contribution in [1.82, 2.24) is 0 Å². The molecule has 5 heteroatoms. The maximum atomic E-state index is 10.9. The van der Waals surface area contributed by atoms with Gasteiger partial charge in [0.15, 0.2) is 12.1 Å². The summed E-state index contributed by atoms with van der Waals surface area (Å²) in [5.41, 5.74) is 0.722. The Morgan fingerprint density at radius 2 is 2.07 bits per heavy atom. The van der Waals surface area contributed by atoms with E-state index in [0.717, 1.165) is 12.0 Å². The van der Waals surface area contributed by atoms with Crippen LogP contribution in [-0.4, -0.2) is 33.3 Å². The lowest BCUT2D eigenvalue weighted by Gasteiger charge is -1.92. The molecule has 1 N–H and O–H groups in total. The first-order chi connectivity index (χ1) is 7.10. The average molecular weight is 229 g/mol. The van der Waals surface area contributed by atoms with E-state index in [9.17, 15) is 9.59 Å². The summed E-state index contributed by atoms with van der Waals surface area (Å²) in [6.45, 7) is 1.49. The first-order valence-electron chi connectivity index (χ1n) is 4.28. The van der Waals surface area contributed by atoms with E-state index in [-0.39, 0.29) is 5.78 Å². The van der Waals surface area contributed by atoms with Gasteiger partial charge in [-0.25, -0.2) is 0 Å². The normalized spacial score (nSPS) is 8.80. The minimum Gasteiger partial charge on any atom is -0.388 e. The van der Waals surface area contributed by atoms with Gasteiger partial charge >= 0.3 is 0 Å². The Hall–Kier alpha value is -1.20. The van der Waals surface area contributed by atoms with Gasteiger partial charge in [-0.2, -0.15) is 0 Å². The molecular formula is C10H15NO3S. The summed E-state index contributed by atoms with van der Waals surface area (Å²) in [7, 11) is 4.97. The third-order valence-corrected chi connectivity index (χ3v) is 2.65. The molecule has 1 aromatic heterocycles. The van der Waals surface area contributed by atoms with Crippen molar-refractivity contribution in [2.45, 2.75) is 6.92 Å². The number of methoxy groups -OCH3 is 1. The van der Waals surface area contributed by atoms with Crippen LogP contribution in [0.5, 0.6) is 0 Å². The Bertz CT molecular complexity index is 333. The molecule has 0 radical (unpaired) electrons. The molecule has 0 aliphatic heterocycles. The Morgan fingerprint density at radius 1 is 1.53 bits per heavy atom. The van der Waals surface area contributed by atoms with Gasteiger partial charge < -0.3 is 10.1 Å². The predicted octanol–water partition coefficient (Wildman–Crippen LogP) is 2.07. The van der Waals surface area contributed by atoms with E-state index < -0.39 is 0 Å². The minimum atomic E-state index is -0.00963. The van der Waals surface area contributed by atoms with E-state index in [2.05, 4.69) is 10.1 Å². The van der Waals surface area contributed by atoms with Crippen LogP contribution < -0.4 is 5.32 Å². The Morgan fingerprint density at radius 3 is 2.33 bits per heavy atom. The van der Waals surface area contributed by atoms with Crippen LogP contribution in [0, 0.1) is 0 Å². The van der Waals surface area contributed by atoms with Crippen LogP contribution in [0.1, 0.15) is 26.3 Å². The van der Waals surface area contributed by atoms with Crippen LogP contribution in [0.15, 0.2) is 6.07 Å². The number of ether oxygens (including phenoxy) is 1. The number of hydrogen-bond donors (Lipinski definition) is 1. The van der Waals surface area contributed by atoms with E-state index in [4.69, 9.17) is 0 Å². The predicted molar refractivity (Wildman–Crippen MR) is 62.2 cm³/mol. The minimum absolute atomic E-state index is 0.00963. The number of anilines is 1. The van der Waals surface area contributed by atoms with Crippen molar-refractivity contribution in [3.8, 4) is 0 Å². The molecule has 0 aliphatic rings. The smallest absolute Gasteiger partial charge is 0.169 e. The van der Waals surface area contributed by atoms with Crippen LogP contribution in [-0.2, 0) is 4.74 Å². The summed E-state index contributed by atoms with van der Waals surface area (Å²) in [5.74, 6) is -0.00963. The average Bonchev–Trinajstić information content (AvgIpc) is 2.61. The second-order valence-corrected chi connectivity index (χ2v) is 3.80. The lowest BCUT2D eigenvalue weighted by atomic mass is 10.3. The maximum Gasteiger partial charge on any atom is 0.169 e. The number of hydrogen-bond acceptors (Lipinski definition) is 5. The van der Waals surface area contributed by atoms with Gasteiger partial charge in [-0.05, 0) is 13.0 Å². The maximum absolute atomic E-state index is 10.9. The van der Waals surface area contributed by atoms with E-state index >= 15 is 0 Å². The number of aldehydes is 1. The fraction of sp³-hybridized carbons (Fsp3) is 0.400. The first kappa shape index (κ1) is 13.8. The van der Waals surface area contributed by atoms with Gasteiger partial charge in [0.2, 0.25) is 0 Å². The highest BCUT2D eigenvalue weighted by atomic mass is 32.1. The fourth-order valence-electron chi connectivity index (χ4n) is 0.862. The molecule has 0 amide bonds. The van der Waals surface area contributed by atoms with Crippen molar-refractivity contribution in [2.24, 2.45) is 0 Å². The van der Waals surface area contributed by atoms with E-state index in [0.29, 0.717) is 9.75 Å². The molecule has 15 heavy (non-hydrogen) atoms. The molecule has 1 rings (SSSR count). The number of carbonyl (C=O) groups excluding carboxylic acids is 2. The van der Waals surface area contributed by atoms with Crippen LogP contribution >= 0.6 is 11.3 Å². The second-order valence-electron chi connectivity index (χ2n) is 2.72. The summed E-state index contributed by atoms with van der Waals surface area (Å²) in [4.78, 5) is 22.6. The number of thiophene rings is 1. The molecule has 1 aromatic rings.